The van der Waals surface area contributed by atoms with Gasteiger partial charge in [0.25, 0.3) is 5.91 Å². The Morgan fingerprint density at radius 3 is 2.53 bits per heavy atom. The Balaban J connectivity index is 1.55. The topological polar surface area (TPSA) is 106 Å². The van der Waals surface area contributed by atoms with E-state index in [1.807, 2.05) is 13.8 Å². The van der Waals surface area contributed by atoms with E-state index >= 15 is 0 Å². The van der Waals surface area contributed by atoms with Crippen molar-refractivity contribution >= 4 is 22.5 Å². The molecule has 0 bridgehead atoms. The molecule has 1 atom stereocenters. The lowest BCUT2D eigenvalue weighted by molar-refractivity contribution is 0.102. The second-order valence-corrected chi connectivity index (χ2v) is 8.93. The Kier molecular flexibility index (Phi) is 5.80. The van der Waals surface area contributed by atoms with Gasteiger partial charge in [-0.1, -0.05) is 0 Å². The Morgan fingerprint density at radius 2 is 1.90 bits per heavy atom. The Labute approximate surface area is 176 Å². The second-order valence-electron chi connectivity index (χ2n) is 7.19. The first-order valence-electron chi connectivity index (χ1n) is 9.66. The molecule has 30 heavy (non-hydrogen) atoms. The van der Waals surface area contributed by atoms with Crippen LogP contribution in [0.4, 0.5) is 5.82 Å². The third kappa shape index (κ3) is 5.04. The molecule has 1 aliphatic rings. The van der Waals surface area contributed by atoms with E-state index in [-0.39, 0.29) is 29.0 Å². The molecule has 1 aromatic carbocycles. The lowest BCUT2D eigenvalue weighted by Crippen LogP contribution is -2.14. The molecule has 0 spiro atoms. The molecule has 1 unspecified atom stereocenters. The molecule has 2 aromatic heterocycles. The first-order valence-corrected chi connectivity index (χ1v) is 10.9. The van der Waals surface area contributed by atoms with Gasteiger partial charge < -0.3 is 14.8 Å². The maximum atomic E-state index is 12.6. The highest BCUT2D eigenvalue weighted by Gasteiger charge is 2.29. The Hall–Kier alpha value is -3.20. The number of nitrogens with one attached hydrogen (secondary N) is 2. The summed E-state index contributed by atoms with van der Waals surface area (Å²) in [6, 6.07) is 11.8. The number of rotatable bonds is 8. The van der Waals surface area contributed by atoms with Crippen molar-refractivity contribution in [3.05, 3.63) is 54.2 Å². The number of hydrogen-bond acceptors (Lipinski definition) is 6. The van der Waals surface area contributed by atoms with Crippen molar-refractivity contribution in [3.63, 3.8) is 0 Å². The number of amides is 1. The lowest BCUT2D eigenvalue weighted by atomic mass is 10.2. The molecule has 0 aliphatic heterocycles. The van der Waals surface area contributed by atoms with Gasteiger partial charge in [-0.25, -0.2) is 0 Å². The number of H-pyrrole nitrogens is 1. The van der Waals surface area contributed by atoms with Gasteiger partial charge in [0.2, 0.25) is 11.8 Å². The molecule has 4 rings (SSSR count). The average Bonchev–Trinajstić information content (AvgIpc) is 3.44. The van der Waals surface area contributed by atoms with E-state index in [9.17, 15) is 9.00 Å². The lowest BCUT2D eigenvalue weighted by Gasteiger charge is -2.13. The predicted octanol–water partition coefficient (Wildman–Crippen LogP) is 3.91. The number of carbonyl (C=O) groups is 1. The van der Waals surface area contributed by atoms with Gasteiger partial charge in [-0.15, -0.1) is 0 Å². The van der Waals surface area contributed by atoms with E-state index in [2.05, 4.69) is 20.5 Å². The van der Waals surface area contributed by atoms with Gasteiger partial charge in [-0.2, -0.15) is 10.1 Å². The summed E-state index contributed by atoms with van der Waals surface area (Å²) < 4.78 is 23.8. The first kappa shape index (κ1) is 20.1. The van der Waals surface area contributed by atoms with Gasteiger partial charge in [0.05, 0.1) is 28.7 Å². The number of anilines is 1. The third-order valence-corrected chi connectivity index (χ3v) is 6.07. The van der Waals surface area contributed by atoms with E-state index in [4.69, 9.17) is 9.47 Å². The van der Waals surface area contributed by atoms with Gasteiger partial charge in [-0.05, 0) is 51.0 Å². The normalized spacial score (nSPS) is 14.4. The molecular formula is C21H22N4O4S. The summed E-state index contributed by atoms with van der Waals surface area (Å²) in [6.07, 6.45) is 3.46. The van der Waals surface area contributed by atoms with Crippen molar-refractivity contribution in [1.82, 2.24) is 15.2 Å². The quantitative estimate of drug-likeness (QED) is 0.566. The van der Waals surface area contributed by atoms with E-state index in [0.717, 1.165) is 17.7 Å². The molecule has 1 saturated carbocycles. The van der Waals surface area contributed by atoms with Crippen LogP contribution in [0.1, 0.15) is 37.0 Å². The minimum Gasteiger partial charge on any atom is -0.475 e. The van der Waals surface area contributed by atoms with Gasteiger partial charge >= 0.3 is 0 Å². The van der Waals surface area contributed by atoms with Gasteiger partial charge in [0, 0.05) is 28.3 Å². The Morgan fingerprint density at radius 1 is 1.17 bits per heavy atom. The summed E-state index contributed by atoms with van der Waals surface area (Å²) in [5.74, 6) is 1.16. The van der Waals surface area contributed by atoms with Crippen LogP contribution in [0.15, 0.2) is 53.6 Å². The summed E-state index contributed by atoms with van der Waals surface area (Å²) in [5, 5.41) is 9.48. The smallest absolute Gasteiger partial charge is 0.257 e. The molecule has 2 N–H and O–H groups in total. The van der Waals surface area contributed by atoms with Crippen LogP contribution in [0.3, 0.4) is 0 Å². The molecule has 0 saturated heterocycles. The van der Waals surface area contributed by atoms with E-state index in [1.165, 1.54) is 6.07 Å². The zero-order valence-electron chi connectivity index (χ0n) is 16.6. The number of nitrogens with zero attached hydrogens (tertiary/aromatic N) is 2. The monoisotopic (exact) mass is 426 g/mol. The number of hydrogen-bond donors (Lipinski definition) is 2. The van der Waals surface area contributed by atoms with Crippen LogP contribution in [0.2, 0.25) is 0 Å². The summed E-state index contributed by atoms with van der Waals surface area (Å²) in [4.78, 5) is 17.7. The van der Waals surface area contributed by atoms with E-state index in [0.29, 0.717) is 17.1 Å². The van der Waals surface area contributed by atoms with Crippen molar-refractivity contribution < 1.29 is 18.5 Å². The molecule has 2 heterocycles. The van der Waals surface area contributed by atoms with Crippen molar-refractivity contribution in [2.75, 3.05) is 5.32 Å². The van der Waals surface area contributed by atoms with Crippen molar-refractivity contribution in [2.45, 2.75) is 42.9 Å². The molecule has 9 heteroatoms. The fourth-order valence-electron chi connectivity index (χ4n) is 2.72. The number of ether oxygens (including phenoxy) is 2. The second kappa shape index (κ2) is 8.66. The van der Waals surface area contributed by atoms with Gasteiger partial charge in [0.1, 0.15) is 11.6 Å². The summed E-state index contributed by atoms with van der Waals surface area (Å²) in [7, 11) is -0.967. The van der Waals surface area contributed by atoms with Gasteiger partial charge in [0.15, 0.2) is 0 Å². The molecule has 1 fully saturated rings. The van der Waals surface area contributed by atoms with E-state index in [1.54, 1.807) is 42.6 Å². The minimum atomic E-state index is -0.967. The molecule has 156 valence electrons. The van der Waals surface area contributed by atoms with Crippen LogP contribution in [0, 0.1) is 0 Å². The maximum Gasteiger partial charge on any atom is 0.257 e. The third-order valence-electron chi connectivity index (χ3n) is 4.25. The number of aromatic amines is 1. The van der Waals surface area contributed by atoms with Crippen LogP contribution in [-0.2, 0) is 10.8 Å². The van der Waals surface area contributed by atoms with Crippen LogP contribution in [0.5, 0.6) is 17.5 Å². The van der Waals surface area contributed by atoms with Gasteiger partial charge in [-0.3, -0.25) is 14.1 Å². The zero-order chi connectivity index (χ0) is 21.1. The number of benzene rings is 1. The fourth-order valence-corrected chi connectivity index (χ4v) is 4.08. The van der Waals surface area contributed by atoms with Crippen molar-refractivity contribution in [3.8, 4) is 17.5 Å². The molecular weight excluding hydrogens is 404 g/mol. The van der Waals surface area contributed by atoms with Crippen molar-refractivity contribution in [1.29, 1.82) is 0 Å². The molecule has 0 radical (unpaired) electrons. The van der Waals surface area contributed by atoms with Crippen LogP contribution in [-0.4, -0.2) is 36.7 Å². The fraction of sp³-hybridized carbons (Fsp3) is 0.286. The molecule has 1 aliphatic carbocycles. The molecule has 3 aromatic rings. The largest absolute Gasteiger partial charge is 0.475 e. The number of aromatic nitrogens is 3. The molecule has 8 nitrogen and oxygen atoms in total. The number of carbonyl (C=O) groups excluding carboxylic acids is 1. The van der Waals surface area contributed by atoms with Crippen molar-refractivity contribution in [2.24, 2.45) is 0 Å². The predicted molar refractivity (Wildman–Crippen MR) is 112 cm³/mol. The SMILES string of the molecule is CC(C)Oc1cc(C(=O)Nc2ccn[nH]2)cc(Oc2ccc(S(=O)C3CC3)cc2)n1. The average molecular weight is 426 g/mol. The summed E-state index contributed by atoms with van der Waals surface area (Å²) in [6.45, 7) is 3.75. The highest BCUT2D eigenvalue weighted by molar-refractivity contribution is 7.86. The van der Waals surface area contributed by atoms with E-state index < -0.39 is 10.8 Å². The molecule has 1 amide bonds. The zero-order valence-corrected chi connectivity index (χ0v) is 17.4. The van der Waals surface area contributed by atoms with Crippen LogP contribution >= 0.6 is 0 Å². The number of pyridine rings is 1. The minimum absolute atomic E-state index is 0.118. The standard InChI is InChI=1S/C21H22N4O4S/c1-13(2)28-19-11-14(21(26)23-18-9-10-22-25-18)12-20(24-19)29-15-3-5-16(6-4-15)30(27)17-7-8-17/h3-6,9-13,17H,7-8H2,1-2H3,(H2,22,23,25,26). The summed E-state index contributed by atoms with van der Waals surface area (Å²) in [5.41, 5.74) is 0.330. The van der Waals surface area contributed by atoms with Crippen LogP contribution in [0.25, 0.3) is 0 Å². The van der Waals surface area contributed by atoms with Crippen LogP contribution < -0.4 is 14.8 Å². The maximum absolute atomic E-state index is 12.6. The summed E-state index contributed by atoms with van der Waals surface area (Å²) >= 11 is 0. The highest BCUT2D eigenvalue weighted by Crippen LogP contribution is 2.31. The first-order chi connectivity index (χ1) is 14.5. The highest BCUT2D eigenvalue weighted by atomic mass is 32.2. The Bertz CT molecular complexity index is 1050.